The molecule has 0 amide bonds. The maximum absolute atomic E-state index is 4.40. The summed E-state index contributed by atoms with van der Waals surface area (Å²) in [5, 5.41) is 12.0. The summed E-state index contributed by atoms with van der Waals surface area (Å²) in [7, 11) is 1.98. The van der Waals surface area contributed by atoms with Gasteiger partial charge in [0.1, 0.15) is 0 Å². The van der Waals surface area contributed by atoms with Crippen molar-refractivity contribution in [1.29, 1.82) is 0 Å². The lowest BCUT2D eigenvalue weighted by Crippen LogP contribution is -2.13. The third kappa shape index (κ3) is 3.78. The van der Waals surface area contributed by atoms with E-state index in [0.717, 1.165) is 13.1 Å². The van der Waals surface area contributed by atoms with Gasteiger partial charge in [0.05, 0.1) is 11.4 Å². The molecule has 4 heteroatoms. The van der Waals surface area contributed by atoms with Crippen molar-refractivity contribution in [2.45, 2.75) is 77.3 Å². The molecule has 108 valence electrons. The summed E-state index contributed by atoms with van der Waals surface area (Å²) in [4.78, 5) is 0. The molecule has 0 saturated heterocycles. The first-order valence-corrected chi connectivity index (χ1v) is 7.93. The maximum atomic E-state index is 4.40. The zero-order valence-corrected chi connectivity index (χ0v) is 12.5. The van der Waals surface area contributed by atoms with Crippen LogP contribution in [-0.4, -0.2) is 22.0 Å². The molecule has 1 aromatic rings. The zero-order valence-electron chi connectivity index (χ0n) is 12.5. The molecule has 1 aliphatic carbocycles. The number of aromatic nitrogens is 3. The first-order chi connectivity index (χ1) is 9.36. The fraction of sp³-hybridized carbons (Fsp3) is 0.867. The van der Waals surface area contributed by atoms with Crippen molar-refractivity contribution in [3.8, 4) is 0 Å². The van der Waals surface area contributed by atoms with Crippen LogP contribution in [0, 0.1) is 0 Å². The monoisotopic (exact) mass is 264 g/mol. The van der Waals surface area contributed by atoms with Crippen molar-refractivity contribution in [1.82, 2.24) is 20.3 Å². The Balaban J connectivity index is 2.03. The Morgan fingerprint density at radius 1 is 1.21 bits per heavy atom. The second-order valence-electron chi connectivity index (χ2n) is 5.72. The number of rotatable bonds is 8. The van der Waals surface area contributed by atoms with E-state index in [1.165, 1.54) is 62.8 Å². The van der Waals surface area contributed by atoms with Gasteiger partial charge in [-0.3, -0.25) is 0 Å². The van der Waals surface area contributed by atoms with E-state index in [1.54, 1.807) is 0 Å². The maximum Gasteiger partial charge on any atom is 0.0999 e. The summed E-state index contributed by atoms with van der Waals surface area (Å²) >= 11 is 0. The number of unbranched alkanes of at least 4 members (excludes halogenated alkanes) is 3. The second-order valence-corrected chi connectivity index (χ2v) is 5.72. The molecule has 1 aliphatic rings. The first kappa shape index (κ1) is 14.5. The van der Waals surface area contributed by atoms with Gasteiger partial charge >= 0.3 is 0 Å². The van der Waals surface area contributed by atoms with Crippen molar-refractivity contribution >= 4 is 0 Å². The van der Waals surface area contributed by atoms with Crippen molar-refractivity contribution in [2.24, 2.45) is 0 Å². The Morgan fingerprint density at radius 2 is 2.00 bits per heavy atom. The first-order valence-electron chi connectivity index (χ1n) is 7.93. The molecule has 2 rings (SSSR count). The largest absolute Gasteiger partial charge is 0.314 e. The van der Waals surface area contributed by atoms with E-state index in [2.05, 4.69) is 27.2 Å². The van der Waals surface area contributed by atoms with Gasteiger partial charge in [-0.1, -0.05) is 44.2 Å². The summed E-state index contributed by atoms with van der Waals surface area (Å²) in [6, 6.07) is 0. The van der Waals surface area contributed by atoms with Crippen LogP contribution in [0.3, 0.4) is 0 Å². The standard InChI is InChI=1S/C15H28N4/c1-3-4-5-8-11-19-15(13-9-6-7-10-13)14(12-16-2)17-18-19/h13,16H,3-12H2,1-2H3. The van der Waals surface area contributed by atoms with Gasteiger partial charge < -0.3 is 5.32 Å². The predicted octanol–water partition coefficient (Wildman–Crippen LogP) is 3.24. The minimum atomic E-state index is 0.699. The number of hydrogen-bond donors (Lipinski definition) is 1. The van der Waals surface area contributed by atoms with E-state index in [4.69, 9.17) is 0 Å². The average Bonchev–Trinajstić information content (AvgIpc) is 3.04. The summed E-state index contributed by atoms with van der Waals surface area (Å²) in [6.45, 7) is 4.15. The van der Waals surface area contributed by atoms with E-state index < -0.39 is 0 Å². The predicted molar refractivity (Wildman–Crippen MR) is 78.1 cm³/mol. The van der Waals surface area contributed by atoms with E-state index in [9.17, 15) is 0 Å². The Labute approximate surface area is 117 Å². The molecule has 0 aliphatic heterocycles. The topological polar surface area (TPSA) is 42.7 Å². The van der Waals surface area contributed by atoms with Crippen molar-refractivity contribution in [3.05, 3.63) is 11.4 Å². The van der Waals surface area contributed by atoms with Gasteiger partial charge in [-0.25, -0.2) is 4.68 Å². The van der Waals surface area contributed by atoms with Gasteiger partial charge in [0.15, 0.2) is 0 Å². The average molecular weight is 264 g/mol. The van der Waals surface area contributed by atoms with Gasteiger partial charge in [0.2, 0.25) is 0 Å². The molecule has 19 heavy (non-hydrogen) atoms. The molecular weight excluding hydrogens is 236 g/mol. The van der Waals surface area contributed by atoms with E-state index in [0.29, 0.717) is 5.92 Å². The van der Waals surface area contributed by atoms with E-state index in [1.807, 2.05) is 7.05 Å². The number of nitrogens with one attached hydrogen (secondary N) is 1. The zero-order chi connectivity index (χ0) is 13.5. The lowest BCUT2D eigenvalue weighted by Gasteiger charge is -2.13. The normalized spacial score (nSPS) is 16.3. The van der Waals surface area contributed by atoms with Crippen LogP contribution in [-0.2, 0) is 13.1 Å². The van der Waals surface area contributed by atoms with Crippen LogP contribution in [0.25, 0.3) is 0 Å². The highest BCUT2D eigenvalue weighted by atomic mass is 15.4. The Bertz CT molecular complexity index is 366. The van der Waals surface area contributed by atoms with Gasteiger partial charge in [-0.2, -0.15) is 0 Å². The van der Waals surface area contributed by atoms with Crippen LogP contribution in [0.15, 0.2) is 0 Å². The summed E-state index contributed by atoms with van der Waals surface area (Å²) in [5.41, 5.74) is 2.59. The highest BCUT2D eigenvalue weighted by molar-refractivity contribution is 5.17. The third-order valence-electron chi connectivity index (χ3n) is 4.16. The van der Waals surface area contributed by atoms with Crippen molar-refractivity contribution in [2.75, 3.05) is 7.05 Å². The molecule has 1 saturated carbocycles. The molecule has 0 atom stereocenters. The van der Waals surface area contributed by atoms with E-state index >= 15 is 0 Å². The third-order valence-corrected chi connectivity index (χ3v) is 4.16. The van der Waals surface area contributed by atoms with Gasteiger partial charge in [0.25, 0.3) is 0 Å². The molecule has 0 unspecified atom stereocenters. The number of hydrogen-bond acceptors (Lipinski definition) is 3. The quantitative estimate of drug-likeness (QED) is 0.733. The molecule has 1 fully saturated rings. The number of nitrogens with zero attached hydrogens (tertiary/aromatic N) is 3. The summed E-state index contributed by atoms with van der Waals surface area (Å²) in [5.74, 6) is 0.699. The lowest BCUT2D eigenvalue weighted by atomic mass is 10.0. The van der Waals surface area contributed by atoms with Crippen LogP contribution in [0.2, 0.25) is 0 Å². The molecule has 0 spiro atoms. The highest BCUT2D eigenvalue weighted by Crippen LogP contribution is 2.35. The summed E-state index contributed by atoms with van der Waals surface area (Å²) < 4.78 is 2.19. The Hall–Kier alpha value is -0.900. The van der Waals surface area contributed by atoms with E-state index in [-0.39, 0.29) is 0 Å². The van der Waals surface area contributed by atoms with Crippen LogP contribution >= 0.6 is 0 Å². The van der Waals surface area contributed by atoms with Gasteiger partial charge in [0, 0.05) is 19.0 Å². The number of aryl methyl sites for hydroxylation is 1. The van der Waals surface area contributed by atoms with Crippen molar-refractivity contribution in [3.63, 3.8) is 0 Å². The van der Waals surface area contributed by atoms with Crippen LogP contribution < -0.4 is 5.32 Å². The Kier molecular flexibility index (Phi) is 5.83. The molecule has 1 aromatic heterocycles. The van der Waals surface area contributed by atoms with Crippen molar-refractivity contribution < 1.29 is 0 Å². The molecular formula is C15H28N4. The lowest BCUT2D eigenvalue weighted by molar-refractivity contribution is 0.492. The molecule has 1 heterocycles. The van der Waals surface area contributed by atoms with Gasteiger partial charge in [-0.05, 0) is 26.3 Å². The minimum Gasteiger partial charge on any atom is -0.314 e. The fourth-order valence-corrected chi connectivity index (χ4v) is 3.15. The molecule has 4 nitrogen and oxygen atoms in total. The van der Waals surface area contributed by atoms with Crippen LogP contribution in [0.5, 0.6) is 0 Å². The van der Waals surface area contributed by atoms with Gasteiger partial charge in [-0.15, -0.1) is 5.10 Å². The molecule has 0 aromatic carbocycles. The molecule has 0 bridgehead atoms. The SMILES string of the molecule is CCCCCCn1nnc(CNC)c1C1CCCC1. The molecule has 1 N–H and O–H groups in total. The fourth-order valence-electron chi connectivity index (χ4n) is 3.15. The van der Waals surface area contributed by atoms with Crippen LogP contribution in [0.4, 0.5) is 0 Å². The minimum absolute atomic E-state index is 0.699. The summed E-state index contributed by atoms with van der Waals surface area (Å²) in [6.07, 6.45) is 10.5. The second kappa shape index (κ2) is 7.63. The van der Waals surface area contributed by atoms with Crippen LogP contribution in [0.1, 0.15) is 75.6 Å². The highest BCUT2D eigenvalue weighted by Gasteiger charge is 2.25. The molecule has 0 radical (unpaired) electrons. The Morgan fingerprint density at radius 3 is 2.68 bits per heavy atom. The smallest absolute Gasteiger partial charge is 0.0999 e.